The maximum absolute atomic E-state index is 12.0. The maximum Gasteiger partial charge on any atom is 0.232 e. The summed E-state index contributed by atoms with van der Waals surface area (Å²) >= 11 is 0. The van der Waals surface area contributed by atoms with Gasteiger partial charge in [0, 0.05) is 25.2 Å². The number of fused-ring (bicyclic) bond motifs is 1. The van der Waals surface area contributed by atoms with Crippen LogP contribution in [0.3, 0.4) is 0 Å². The predicted molar refractivity (Wildman–Crippen MR) is 83.4 cm³/mol. The number of amides is 2. The van der Waals surface area contributed by atoms with Gasteiger partial charge in [-0.05, 0) is 37.1 Å². The van der Waals surface area contributed by atoms with Gasteiger partial charge in [-0.2, -0.15) is 0 Å². The minimum atomic E-state index is -0.156. The molecule has 0 spiro atoms. The molecule has 0 radical (unpaired) electrons. The van der Waals surface area contributed by atoms with Crippen molar-refractivity contribution in [2.24, 2.45) is 0 Å². The SMILES string of the molecule is CCc1ccc2c(c1)C(CCNC(=O)CCNC)C(=O)N2. The standard InChI is InChI=1S/C16H23N3O2/c1-3-11-4-5-14-13(10-11)12(16(21)19-14)6-9-18-15(20)7-8-17-2/h4-5,10,12,17H,3,6-9H2,1-2H3,(H,18,20)(H,19,21). The molecule has 0 aliphatic carbocycles. The number of aryl methyl sites for hydroxylation is 1. The average Bonchev–Trinajstić information content (AvgIpc) is 2.80. The number of rotatable bonds is 7. The van der Waals surface area contributed by atoms with Gasteiger partial charge in [0.05, 0.1) is 5.92 Å². The molecule has 5 heteroatoms. The summed E-state index contributed by atoms with van der Waals surface area (Å²) in [6, 6.07) is 6.11. The van der Waals surface area contributed by atoms with E-state index in [2.05, 4.69) is 28.9 Å². The largest absolute Gasteiger partial charge is 0.356 e. The fourth-order valence-electron chi connectivity index (χ4n) is 2.56. The first-order valence-electron chi connectivity index (χ1n) is 7.50. The van der Waals surface area contributed by atoms with Gasteiger partial charge >= 0.3 is 0 Å². The first-order chi connectivity index (χ1) is 10.2. The van der Waals surface area contributed by atoms with Gasteiger partial charge in [-0.3, -0.25) is 9.59 Å². The van der Waals surface area contributed by atoms with E-state index in [0.717, 1.165) is 17.7 Å². The third-order valence-corrected chi connectivity index (χ3v) is 3.83. The Morgan fingerprint density at radius 3 is 2.86 bits per heavy atom. The second-order valence-electron chi connectivity index (χ2n) is 5.31. The van der Waals surface area contributed by atoms with Crippen LogP contribution in [-0.4, -0.2) is 32.0 Å². The Balaban J connectivity index is 1.92. The van der Waals surface area contributed by atoms with Crippen LogP contribution in [-0.2, 0) is 16.0 Å². The summed E-state index contributed by atoms with van der Waals surface area (Å²) in [5.74, 6) is -0.107. The smallest absolute Gasteiger partial charge is 0.232 e. The highest BCUT2D eigenvalue weighted by Gasteiger charge is 2.30. The van der Waals surface area contributed by atoms with E-state index >= 15 is 0 Å². The van der Waals surface area contributed by atoms with Crippen LogP contribution in [0.5, 0.6) is 0 Å². The molecule has 1 atom stereocenters. The van der Waals surface area contributed by atoms with Gasteiger partial charge in [0.25, 0.3) is 0 Å². The molecule has 0 fully saturated rings. The number of hydrogen-bond donors (Lipinski definition) is 3. The Bertz CT molecular complexity index is 528. The first-order valence-corrected chi connectivity index (χ1v) is 7.50. The topological polar surface area (TPSA) is 70.2 Å². The molecule has 2 amide bonds. The van der Waals surface area contributed by atoms with Crippen molar-refractivity contribution in [2.75, 3.05) is 25.5 Å². The van der Waals surface area contributed by atoms with E-state index in [0.29, 0.717) is 25.9 Å². The van der Waals surface area contributed by atoms with Crippen LogP contribution >= 0.6 is 0 Å². The van der Waals surface area contributed by atoms with E-state index in [9.17, 15) is 9.59 Å². The summed E-state index contributed by atoms with van der Waals surface area (Å²) in [7, 11) is 1.82. The molecule has 1 heterocycles. The third-order valence-electron chi connectivity index (χ3n) is 3.83. The second-order valence-corrected chi connectivity index (χ2v) is 5.31. The van der Waals surface area contributed by atoms with Gasteiger partial charge in [0.15, 0.2) is 0 Å². The zero-order valence-corrected chi connectivity index (χ0v) is 12.7. The van der Waals surface area contributed by atoms with Crippen LogP contribution in [0.2, 0.25) is 0 Å². The maximum atomic E-state index is 12.0. The Kier molecular flexibility index (Phi) is 5.33. The molecule has 1 aliphatic rings. The lowest BCUT2D eigenvalue weighted by atomic mass is 9.95. The summed E-state index contributed by atoms with van der Waals surface area (Å²) in [4.78, 5) is 23.6. The molecule has 0 saturated carbocycles. The molecule has 21 heavy (non-hydrogen) atoms. The zero-order chi connectivity index (χ0) is 15.2. The highest BCUT2D eigenvalue weighted by Crippen LogP contribution is 2.35. The molecule has 3 N–H and O–H groups in total. The summed E-state index contributed by atoms with van der Waals surface area (Å²) in [6.45, 7) is 3.29. The normalized spacial score (nSPS) is 16.5. The zero-order valence-electron chi connectivity index (χ0n) is 12.7. The molecule has 0 aromatic heterocycles. The fourth-order valence-corrected chi connectivity index (χ4v) is 2.56. The first kappa shape index (κ1) is 15.5. The highest BCUT2D eigenvalue weighted by molar-refractivity contribution is 6.02. The van der Waals surface area contributed by atoms with Crippen LogP contribution in [0.4, 0.5) is 5.69 Å². The molecule has 5 nitrogen and oxygen atoms in total. The van der Waals surface area contributed by atoms with E-state index in [-0.39, 0.29) is 17.7 Å². The summed E-state index contributed by atoms with van der Waals surface area (Å²) in [5.41, 5.74) is 3.20. The van der Waals surface area contributed by atoms with Gasteiger partial charge in [-0.1, -0.05) is 19.1 Å². The van der Waals surface area contributed by atoms with Crippen molar-refractivity contribution in [3.8, 4) is 0 Å². The molecule has 2 rings (SSSR count). The number of carbonyl (C=O) groups is 2. The summed E-state index contributed by atoms with van der Waals surface area (Å²) in [5, 5.41) is 8.71. The van der Waals surface area contributed by atoms with Crippen LogP contribution < -0.4 is 16.0 Å². The minimum absolute atomic E-state index is 0.0188. The summed E-state index contributed by atoms with van der Waals surface area (Å²) < 4.78 is 0. The van der Waals surface area contributed by atoms with Crippen molar-refractivity contribution < 1.29 is 9.59 Å². The number of anilines is 1. The van der Waals surface area contributed by atoms with Crippen LogP contribution in [0.25, 0.3) is 0 Å². The second kappa shape index (κ2) is 7.22. The molecule has 1 aromatic carbocycles. The molecule has 0 saturated heterocycles. The van der Waals surface area contributed by atoms with Gasteiger partial charge < -0.3 is 16.0 Å². The number of benzene rings is 1. The molecule has 114 valence electrons. The van der Waals surface area contributed by atoms with Gasteiger partial charge in [0.1, 0.15) is 0 Å². The van der Waals surface area contributed by atoms with Crippen molar-refractivity contribution in [3.05, 3.63) is 29.3 Å². The van der Waals surface area contributed by atoms with Crippen LogP contribution in [0.15, 0.2) is 18.2 Å². The minimum Gasteiger partial charge on any atom is -0.356 e. The monoisotopic (exact) mass is 289 g/mol. The van der Waals surface area contributed by atoms with Crippen molar-refractivity contribution in [1.29, 1.82) is 0 Å². The molecule has 1 aromatic rings. The number of carbonyl (C=O) groups excluding carboxylic acids is 2. The quantitative estimate of drug-likeness (QED) is 0.710. The Morgan fingerprint density at radius 1 is 1.33 bits per heavy atom. The van der Waals surface area contributed by atoms with E-state index < -0.39 is 0 Å². The lowest BCUT2D eigenvalue weighted by Gasteiger charge is -2.11. The Hall–Kier alpha value is -1.88. The Morgan fingerprint density at radius 2 is 2.14 bits per heavy atom. The molecule has 1 aliphatic heterocycles. The highest BCUT2D eigenvalue weighted by atomic mass is 16.2. The molecular formula is C16H23N3O2. The van der Waals surface area contributed by atoms with Crippen LogP contribution in [0.1, 0.15) is 36.8 Å². The third kappa shape index (κ3) is 3.82. The van der Waals surface area contributed by atoms with Gasteiger partial charge in [-0.15, -0.1) is 0 Å². The van der Waals surface area contributed by atoms with E-state index in [1.54, 1.807) is 0 Å². The number of hydrogen-bond acceptors (Lipinski definition) is 3. The number of nitrogens with one attached hydrogen (secondary N) is 3. The van der Waals surface area contributed by atoms with E-state index in [1.165, 1.54) is 5.56 Å². The molecule has 0 bridgehead atoms. The van der Waals surface area contributed by atoms with E-state index in [4.69, 9.17) is 0 Å². The average molecular weight is 289 g/mol. The molecule has 1 unspecified atom stereocenters. The van der Waals surface area contributed by atoms with Gasteiger partial charge in [-0.25, -0.2) is 0 Å². The van der Waals surface area contributed by atoms with E-state index in [1.807, 2.05) is 19.2 Å². The Labute approximate surface area is 125 Å². The van der Waals surface area contributed by atoms with Crippen molar-refractivity contribution in [2.45, 2.75) is 32.1 Å². The summed E-state index contributed by atoms with van der Waals surface area (Å²) in [6.07, 6.45) is 2.05. The van der Waals surface area contributed by atoms with Crippen molar-refractivity contribution in [1.82, 2.24) is 10.6 Å². The van der Waals surface area contributed by atoms with Crippen LogP contribution in [0, 0.1) is 0 Å². The fraction of sp³-hybridized carbons (Fsp3) is 0.500. The van der Waals surface area contributed by atoms with Gasteiger partial charge in [0.2, 0.25) is 11.8 Å². The van der Waals surface area contributed by atoms with Crippen molar-refractivity contribution >= 4 is 17.5 Å². The predicted octanol–water partition coefficient (Wildman–Crippen LogP) is 1.40. The van der Waals surface area contributed by atoms with Crippen molar-refractivity contribution in [3.63, 3.8) is 0 Å². The molecular weight excluding hydrogens is 266 g/mol. The lowest BCUT2D eigenvalue weighted by Crippen LogP contribution is -2.29. The lowest BCUT2D eigenvalue weighted by molar-refractivity contribution is -0.121.